The molecule has 2 aliphatic rings. The van der Waals surface area contributed by atoms with Crippen LogP contribution in [-0.2, 0) is 11.2 Å². The van der Waals surface area contributed by atoms with Crippen LogP contribution >= 0.6 is 0 Å². The van der Waals surface area contributed by atoms with Crippen molar-refractivity contribution < 1.29 is 19.4 Å². The van der Waals surface area contributed by atoms with E-state index in [0.717, 1.165) is 30.4 Å². The molecule has 2 unspecified atom stereocenters. The third-order valence-corrected chi connectivity index (χ3v) is 5.64. The molecule has 0 spiro atoms. The lowest BCUT2D eigenvalue weighted by Crippen LogP contribution is -2.09. The smallest absolute Gasteiger partial charge is 0.342 e. The zero-order valence-corrected chi connectivity index (χ0v) is 16.1. The van der Waals surface area contributed by atoms with Crippen LogP contribution in [0.25, 0.3) is 5.57 Å². The van der Waals surface area contributed by atoms with Gasteiger partial charge in [0.1, 0.15) is 17.1 Å². The maximum Gasteiger partial charge on any atom is 0.342 e. The summed E-state index contributed by atoms with van der Waals surface area (Å²) < 4.78 is 10.5. The lowest BCUT2D eigenvalue weighted by Gasteiger charge is -2.18. The van der Waals surface area contributed by atoms with E-state index in [1.54, 1.807) is 7.11 Å². The Bertz CT molecular complexity index is 788. The molecular weight excluding hydrogens is 328 g/mol. The molecule has 1 fully saturated rings. The maximum atomic E-state index is 12.5. The molecule has 140 valence electrons. The van der Waals surface area contributed by atoms with Gasteiger partial charge in [-0.3, -0.25) is 0 Å². The summed E-state index contributed by atoms with van der Waals surface area (Å²) in [5.74, 6) is 1.23. The van der Waals surface area contributed by atoms with Gasteiger partial charge >= 0.3 is 5.97 Å². The third-order valence-electron chi connectivity index (χ3n) is 5.64. The number of phenols is 1. The summed E-state index contributed by atoms with van der Waals surface area (Å²) in [6.45, 7) is 8.14. The molecule has 1 aromatic rings. The third kappa shape index (κ3) is 3.25. The van der Waals surface area contributed by atoms with Gasteiger partial charge in [-0.15, -0.1) is 6.58 Å². The first kappa shape index (κ1) is 18.6. The van der Waals surface area contributed by atoms with E-state index in [2.05, 4.69) is 13.5 Å². The molecule has 0 amide bonds. The number of phenolic OH excluding ortho intramolecular Hbond substituents is 1. The molecular formula is C22H28O4. The Morgan fingerprint density at radius 2 is 2.12 bits per heavy atom. The fourth-order valence-electron chi connectivity index (χ4n) is 4.14. The number of aromatic hydroxyl groups is 1. The highest BCUT2D eigenvalue weighted by atomic mass is 16.5. The molecule has 2 atom stereocenters. The van der Waals surface area contributed by atoms with Crippen LogP contribution in [0.4, 0.5) is 0 Å². The van der Waals surface area contributed by atoms with Gasteiger partial charge in [-0.05, 0) is 56.6 Å². The van der Waals surface area contributed by atoms with Crippen LogP contribution < -0.4 is 4.74 Å². The van der Waals surface area contributed by atoms with E-state index < -0.39 is 5.97 Å². The Labute approximate surface area is 155 Å². The van der Waals surface area contributed by atoms with Gasteiger partial charge in [0.2, 0.25) is 0 Å². The van der Waals surface area contributed by atoms with Crippen LogP contribution in [0.5, 0.6) is 11.5 Å². The number of hydrogen-bond acceptors (Lipinski definition) is 4. The molecule has 1 N–H and O–H groups in total. The van der Waals surface area contributed by atoms with Crippen molar-refractivity contribution >= 4 is 11.5 Å². The quantitative estimate of drug-likeness (QED) is 0.582. The molecule has 0 heterocycles. The van der Waals surface area contributed by atoms with E-state index in [0.29, 0.717) is 29.6 Å². The summed E-state index contributed by atoms with van der Waals surface area (Å²) in [7, 11) is 2.95. The van der Waals surface area contributed by atoms with Crippen molar-refractivity contribution in [3.05, 3.63) is 40.5 Å². The zero-order chi connectivity index (χ0) is 19.0. The highest BCUT2D eigenvalue weighted by Crippen LogP contribution is 2.58. The zero-order valence-electron chi connectivity index (χ0n) is 16.1. The monoisotopic (exact) mass is 356 g/mol. The first-order valence-electron chi connectivity index (χ1n) is 9.27. The molecule has 0 aromatic heterocycles. The molecule has 4 nitrogen and oxygen atoms in total. The van der Waals surface area contributed by atoms with E-state index in [4.69, 9.17) is 9.47 Å². The predicted molar refractivity (Wildman–Crippen MR) is 103 cm³/mol. The lowest BCUT2D eigenvalue weighted by molar-refractivity contribution is 0.0597. The summed E-state index contributed by atoms with van der Waals surface area (Å²) in [4.78, 5) is 12.5. The van der Waals surface area contributed by atoms with Crippen LogP contribution in [0.3, 0.4) is 0 Å². The highest BCUT2D eigenvalue weighted by molar-refractivity contribution is 6.03. The van der Waals surface area contributed by atoms with Crippen LogP contribution in [0.15, 0.2) is 23.8 Å². The predicted octanol–water partition coefficient (Wildman–Crippen LogP) is 4.90. The molecule has 1 aromatic carbocycles. The number of ether oxygens (including phenoxy) is 2. The molecule has 1 saturated carbocycles. The maximum absolute atomic E-state index is 12.5. The Morgan fingerprint density at radius 1 is 1.38 bits per heavy atom. The van der Waals surface area contributed by atoms with Gasteiger partial charge in [-0.2, -0.15) is 0 Å². The second-order valence-corrected chi connectivity index (χ2v) is 7.65. The second-order valence-electron chi connectivity index (χ2n) is 7.65. The fraction of sp³-hybridized carbons (Fsp3) is 0.500. The fourth-order valence-corrected chi connectivity index (χ4v) is 4.14. The van der Waals surface area contributed by atoms with Gasteiger partial charge in [0.05, 0.1) is 14.2 Å². The van der Waals surface area contributed by atoms with Crippen molar-refractivity contribution in [2.75, 3.05) is 14.2 Å². The molecule has 0 aliphatic heterocycles. The largest absolute Gasteiger partial charge is 0.507 e. The van der Waals surface area contributed by atoms with Crippen molar-refractivity contribution in [2.24, 2.45) is 11.8 Å². The number of fused-ring (bicyclic) bond motifs is 1. The number of carbonyl (C=O) groups is 1. The van der Waals surface area contributed by atoms with Crippen LogP contribution in [-0.4, -0.2) is 25.3 Å². The van der Waals surface area contributed by atoms with Crippen LogP contribution in [0.2, 0.25) is 0 Å². The van der Waals surface area contributed by atoms with Crippen molar-refractivity contribution in [1.82, 2.24) is 0 Å². The van der Waals surface area contributed by atoms with Gasteiger partial charge in [-0.1, -0.05) is 18.1 Å². The van der Waals surface area contributed by atoms with Crippen LogP contribution in [0, 0.1) is 11.8 Å². The number of benzene rings is 1. The number of esters is 1. The van der Waals surface area contributed by atoms with Crippen molar-refractivity contribution in [2.45, 2.75) is 46.0 Å². The molecule has 2 aliphatic carbocycles. The first-order chi connectivity index (χ1) is 12.4. The molecule has 26 heavy (non-hydrogen) atoms. The highest BCUT2D eigenvalue weighted by Gasteiger charge is 2.43. The molecule has 3 rings (SSSR count). The van der Waals surface area contributed by atoms with Crippen molar-refractivity contribution in [3.63, 3.8) is 0 Å². The number of allylic oxidation sites excluding steroid dienone is 3. The standard InChI is InChI=1S/C22H28O4/c1-12(2)6-8-15-18(25-4)11-17(20(21(15)23)22(24)26-5)19-14-9-7-13(3)10-16(14)19/h11,13,16,23H,1,6-10H2,2-5H3. The average Bonchev–Trinajstić information content (AvgIpc) is 3.31. The van der Waals surface area contributed by atoms with Crippen molar-refractivity contribution in [1.29, 1.82) is 0 Å². The Kier molecular flexibility index (Phi) is 5.12. The van der Waals surface area contributed by atoms with Gasteiger partial charge in [0.15, 0.2) is 0 Å². The van der Waals surface area contributed by atoms with E-state index >= 15 is 0 Å². The van der Waals surface area contributed by atoms with Gasteiger partial charge in [0.25, 0.3) is 0 Å². The topological polar surface area (TPSA) is 55.8 Å². The summed E-state index contributed by atoms with van der Waals surface area (Å²) in [5, 5.41) is 10.9. The lowest BCUT2D eigenvalue weighted by atomic mass is 9.89. The van der Waals surface area contributed by atoms with E-state index in [1.165, 1.54) is 24.7 Å². The minimum absolute atomic E-state index is 0.0164. The molecule has 4 heteroatoms. The molecule has 0 bridgehead atoms. The Balaban J connectivity index is 2.09. The summed E-state index contributed by atoms with van der Waals surface area (Å²) >= 11 is 0. The minimum atomic E-state index is -0.499. The second kappa shape index (κ2) is 7.18. The molecule has 0 radical (unpaired) electrons. The Hall–Kier alpha value is -2.23. The van der Waals surface area contributed by atoms with Crippen molar-refractivity contribution in [3.8, 4) is 11.5 Å². The van der Waals surface area contributed by atoms with Gasteiger partial charge < -0.3 is 14.6 Å². The van der Waals surface area contributed by atoms with E-state index in [-0.39, 0.29) is 11.3 Å². The number of rotatable bonds is 6. The average molecular weight is 356 g/mol. The van der Waals surface area contributed by atoms with E-state index in [1.807, 2.05) is 13.0 Å². The SMILES string of the molecule is C=C(C)CCc1c(OC)cc(C2=C3CCC(C)CC32)c(C(=O)OC)c1O. The van der Waals surface area contributed by atoms with E-state index in [9.17, 15) is 9.90 Å². The number of hydrogen-bond donors (Lipinski definition) is 1. The Morgan fingerprint density at radius 3 is 2.69 bits per heavy atom. The van der Waals surface area contributed by atoms with Crippen LogP contribution in [0.1, 0.15) is 61.0 Å². The van der Waals surface area contributed by atoms with Gasteiger partial charge in [0, 0.05) is 17.0 Å². The van der Waals surface area contributed by atoms with Gasteiger partial charge in [-0.25, -0.2) is 4.79 Å². The molecule has 0 saturated heterocycles. The summed E-state index contributed by atoms with van der Waals surface area (Å²) in [5.41, 5.74) is 5.33. The number of methoxy groups -OCH3 is 2. The normalized spacial score (nSPS) is 21.2. The summed E-state index contributed by atoms with van der Waals surface area (Å²) in [6, 6.07) is 1.91. The summed E-state index contributed by atoms with van der Waals surface area (Å²) in [6.07, 6.45) is 4.66. The number of carbonyl (C=O) groups excluding carboxylic acids is 1. The minimum Gasteiger partial charge on any atom is -0.507 e. The first-order valence-corrected chi connectivity index (χ1v) is 9.27.